The van der Waals surface area contributed by atoms with Crippen molar-refractivity contribution in [2.45, 2.75) is 26.8 Å². The first-order chi connectivity index (χ1) is 14.7. The maximum absolute atomic E-state index is 5.87. The number of benzene rings is 1. The van der Waals surface area contributed by atoms with Crippen molar-refractivity contribution in [3.63, 3.8) is 0 Å². The second kappa shape index (κ2) is 13.2. The van der Waals surface area contributed by atoms with E-state index < -0.39 is 0 Å². The second-order valence-corrected chi connectivity index (χ2v) is 7.02. The maximum Gasteiger partial charge on any atom is 0.191 e. The van der Waals surface area contributed by atoms with Crippen molar-refractivity contribution in [2.24, 2.45) is 4.99 Å². The number of ether oxygens (including phenoxy) is 2. The Labute approximate surface area is 201 Å². The SMILES string of the molecule is CCNC(=NCc1ccc(C)cc1OCCOC)NCCc1cn2ccccc2n1.I. The van der Waals surface area contributed by atoms with Crippen LogP contribution in [0.25, 0.3) is 5.65 Å². The number of imidazole rings is 1. The van der Waals surface area contributed by atoms with E-state index in [1.54, 1.807) is 7.11 Å². The Balaban J connectivity index is 0.00000341. The Kier molecular flexibility index (Phi) is 10.6. The largest absolute Gasteiger partial charge is 0.491 e. The monoisotopic (exact) mass is 537 g/mol. The van der Waals surface area contributed by atoms with Gasteiger partial charge in [0.25, 0.3) is 0 Å². The molecule has 3 aromatic rings. The summed E-state index contributed by atoms with van der Waals surface area (Å²) in [6.07, 6.45) is 4.90. The maximum atomic E-state index is 5.87. The van der Waals surface area contributed by atoms with Crippen molar-refractivity contribution in [1.82, 2.24) is 20.0 Å². The van der Waals surface area contributed by atoms with E-state index in [0.717, 1.165) is 53.7 Å². The Morgan fingerprint density at radius 1 is 1.16 bits per heavy atom. The van der Waals surface area contributed by atoms with Crippen molar-refractivity contribution in [3.8, 4) is 5.75 Å². The Bertz CT molecular complexity index is 941. The molecule has 0 fully saturated rings. The molecule has 1 aromatic carbocycles. The fourth-order valence-corrected chi connectivity index (χ4v) is 3.08. The van der Waals surface area contributed by atoms with Gasteiger partial charge in [-0.05, 0) is 37.6 Å². The number of halogens is 1. The number of hydrogen-bond acceptors (Lipinski definition) is 4. The van der Waals surface area contributed by atoms with Gasteiger partial charge in [-0.1, -0.05) is 18.2 Å². The molecule has 0 bridgehead atoms. The molecule has 7 nitrogen and oxygen atoms in total. The van der Waals surface area contributed by atoms with Crippen molar-refractivity contribution < 1.29 is 9.47 Å². The van der Waals surface area contributed by atoms with Crippen LogP contribution in [0.2, 0.25) is 0 Å². The number of aromatic nitrogens is 2. The molecule has 0 radical (unpaired) electrons. The van der Waals surface area contributed by atoms with Crippen molar-refractivity contribution in [2.75, 3.05) is 33.4 Å². The van der Waals surface area contributed by atoms with E-state index in [1.165, 1.54) is 0 Å². The van der Waals surface area contributed by atoms with Gasteiger partial charge in [-0.15, -0.1) is 24.0 Å². The van der Waals surface area contributed by atoms with Crippen LogP contribution in [0.15, 0.2) is 53.8 Å². The number of aliphatic imine (C=N–C) groups is 1. The molecule has 168 valence electrons. The molecular formula is C23H32IN5O2. The summed E-state index contributed by atoms with van der Waals surface area (Å²) < 4.78 is 13.0. The van der Waals surface area contributed by atoms with E-state index in [1.807, 2.05) is 34.9 Å². The lowest BCUT2D eigenvalue weighted by Crippen LogP contribution is -2.38. The zero-order chi connectivity index (χ0) is 21.2. The predicted molar refractivity (Wildman–Crippen MR) is 136 cm³/mol. The molecule has 0 unspecified atom stereocenters. The summed E-state index contributed by atoms with van der Waals surface area (Å²) in [6, 6.07) is 12.2. The van der Waals surface area contributed by atoms with Crippen LogP contribution in [-0.2, 0) is 17.7 Å². The highest BCUT2D eigenvalue weighted by atomic mass is 127. The highest BCUT2D eigenvalue weighted by molar-refractivity contribution is 14.0. The van der Waals surface area contributed by atoms with Crippen molar-refractivity contribution >= 4 is 35.6 Å². The summed E-state index contributed by atoms with van der Waals surface area (Å²) in [7, 11) is 1.67. The molecule has 0 aliphatic rings. The van der Waals surface area contributed by atoms with E-state index in [2.05, 4.69) is 47.8 Å². The first kappa shape index (κ1) is 24.9. The Morgan fingerprint density at radius 3 is 2.81 bits per heavy atom. The fourth-order valence-electron chi connectivity index (χ4n) is 3.08. The zero-order valence-corrected chi connectivity index (χ0v) is 20.8. The number of fused-ring (bicyclic) bond motifs is 1. The molecule has 0 aliphatic carbocycles. The van der Waals surface area contributed by atoms with Gasteiger partial charge in [-0.3, -0.25) is 0 Å². The van der Waals surface area contributed by atoms with Gasteiger partial charge < -0.3 is 24.5 Å². The number of hydrogen-bond donors (Lipinski definition) is 2. The summed E-state index contributed by atoms with van der Waals surface area (Å²) >= 11 is 0. The van der Waals surface area contributed by atoms with Crippen LogP contribution in [0, 0.1) is 6.92 Å². The molecule has 3 rings (SSSR count). The predicted octanol–water partition coefficient (Wildman–Crippen LogP) is 3.58. The average Bonchev–Trinajstić information content (AvgIpc) is 3.16. The van der Waals surface area contributed by atoms with E-state index in [9.17, 15) is 0 Å². The molecule has 8 heteroatoms. The second-order valence-electron chi connectivity index (χ2n) is 7.02. The van der Waals surface area contributed by atoms with Crippen LogP contribution < -0.4 is 15.4 Å². The number of nitrogens with zero attached hydrogens (tertiary/aromatic N) is 3. The zero-order valence-electron chi connectivity index (χ0n) is 18.4. The van der Waals surface area contributed by atoms with E-state index in [-0.39, 0.29) is 24.0 Å². The molecule has 2 aromatic heterocycles. The summed E-state index contributed by atoms with van der Waals surface area (Å²) in [5.41, 5.74) is 4.23. The highest BCUT2D eigenvalue weighted by Gasteiger charge is 2.06. The topological polar surface area (TPSA) is 72.2 Å². The van der Waals surface area contributed by atoms with Gasteiger partial charge >= 0.3 is 0 Å². The quantitative estimate of drug-likeness (QED) is 0.179. The first-order valence-corrected chi connectivity index (χ1v) is 10.4. The minimum Gasteiger partial charge on any atom is -0.491 e. The molecule has 2 N–H and O–H groups in total. The smallest absolute Gasteiger partial charge is 0.191 e. The van der Waals surface area contributed by atoms with Crippen molar-refractivity contribution in [3.05, 3.63) is 65.6 Å². The lowest BCUT2D eigenvalue weighted by molar-refractivity contribution is 0.145. The fraction of sp³-hybridized carbons (Fsp3) is 0.391. The minimum absolute atomic E-state index is 0. The number of guanidine groups is 1. The molecule has 2 heterocycles. The molecule has 0 spiro atoms. The number of nitrogens with one attached hydrogen (secondary N) is 2. The molecule has 0 saturated heterocycles. The first-order valence-electron chi connectivity index (χ1n) is 10.4. The van der Waals surface area contributed by atoms with E-state index in [0.29, 0.717) is 19.8 Å². The third kappa shape index (κ3) is 7.70. The molecule has 0 saturated carbocycles. The third-order valence-electron chi connectivity index (χ3n) is 4.61. The van der Waals surface area contributed by atoms with Gasteiger partial charge in [-0.25, -0.2) is 9.98 Å². The number of rotatable bonds is 10. The molecule has 31 heavy (non-hydrogen) atoms. The van der Waals surface area contributed by atoms with Gasteiger partial charge in [-0.2, -0.15) is 0 Å². The minimum atomic E-state index is 0. The average molecular weight is 537 g/mol. The van der Waals surface area contributed by atoms with Gasteiger partial charge in [0.05, 0.1) is 18.8 Å². The molecule has 0 amide bonds. The third-order valence-corrected chi connectivity index (χ3v) is 4.61. The van der Waals surface area contributed by atoms with Crippen LogP contribution in [-0.4, -0.2) is 48.8 Å². The number of pyridine rings is 1. The Hall–Kier alpha value is -2.33. The normalized spacial score (nSPS) is 11.3. The van der Waals surface area contributed by atoms with Gasteiger partial charge in [0.15, 0.2) is 5.96 Å². The van der Waals surface area contributed by atoms with Crippen LogP contribution in [0.4, 0.5) is 0 Å². The van der Waals surface area contributed by atoms with Crippen LogP contribution in [0.1, 0.15) is 23.7 Å². The lowest BCUT2D eigenvalue weighted by atomic mass is 10.1. The van der Waals surface area contributed by atoms with Gasteiger partial charge in [0, 0.05) is 44.6 Å². The van der Waals surface area contributed by atoms with E-state index >= 15 is 0 Å². The van der Waals surface area contributed by atoms with E-state index in [4.69, 9.17) is 14.5 Å². The summed E-state index contributed by atoms with van der Waals surface area (Å²) in [6.45, 7) is 7.28. The molecule has 0 aliphatic heterocycles. The number of aryl methyl sites for hydroxylation is 1. The highest BCUT2D eigenvalue weighted by Crippen LogP contribution is 2.21. The summed E-state index contributed by atoms with van der Waals surface area (Å²) in [5.74, 6) is 1.64. The standard InChI is InChI=1S/C23H31N5O2.HI/c1-4-24-23(25-11-10-20-17-28-12-6-5-7-22(28)27-20)26-16-19-9-8-18(2)15-21(19)30-14-13-29-3;/h5-9,12,15,17H,4,10-11,13-14,16H2,1-3H3,(H2,24,25,26);1H. The van der Waals surface area contributed by atoms with Gasteiger partial charge in [0.1, 0.15) is 18.0 Å². The number of methoxy groups -OCH3 is 1. The van der Waals surface area contributed by atoms with Crippen LogP contribution in [0.5, 0.6) is 5.75 Å². The van der Waals surface area contributed by atoms with Gasteiger partial charge in [0.2, 0.25) is 0 Å². The lowest BCUT2D eigenvalue weighted by Gasteiger charge is -2.13. The van der Waals surface area contributed by atoms with Crippen LogP contribution in [0.3, 0.4) is 0 Å². The van der Waals surface area contributed by atoms with Crippen LogP contribution >= 0.6 is 24.0 Å². The molecular weight excluding hydrogens is 505 g/mol. The summed E-state index contributed by atoms with van der Waals surface area (Å²) in [4.78, 5) is 9.37. The Morgan fingerprint density at radius 2 is 2.03 bits per heavy atom. The van der Waals surface area contributed by atoms with Crippen molar-refractivity contribution in [1.29, 1.82) is 0 Å². The molecule has 0 atom stereocenters. The summed E-state index contributed by atoms with van der Waals surface area (Å²) in [5, 5.41) is 6.70.